The molecule has 0 spiro atoms. The number of carbonyl (C=O) groups is 1. The summed E-state index contributed by atoms with van der Waals surface area (Å²) in [6.07, 6.45) is 9.87. The third-order valence-electron chi connectivity index (χ3n) is 6.10. The quantitative estimate of drug-likeness (QED) is 0.464. The molecule has 0 bridgehead atoms. The van der Waals surface area contributed by atoms with E-state index >= 15 is 0 Å². The average molecular weight is 394 g/mol. The van der Waals surface area contributed by atoms with Crippen molar-refractivity contribution < 1.29 is 9.53 Å². The van der Waals surface area contributed by atoms with Crippen LogP contribution >= 0.6 is 0 Å². The van der Waals surface area contributed by atoms with Gasteiger partial charge in [-0.2, -0.15) is 0 Å². The normalized spacial score (nSPS) is 15.2. The number of para-hydroxylation sites is 1. The van der Waals surface area contributed by atoms with E-state index < -0.39 is 0 Å². The molecule has 1 aliphatic rings. The van der Waals surface area contributed by atoms with Crippen molar-refractivity contribution >= 4 is 11.7 Å². The molecule has 1 aliphatic heterocycles. The molecule has 1 atom stereocenters. The fourth-order valence-corrected chi connectivity index (χ4v) is 4.54. The van der Waals surface area contributed by atoms with Crippen LogP contribution in [0.25, 0.3) is 0 Å². The van der Waals surface area contributed by atoms with Gasteiger partial charge in [0.25, 0.3) is 0 Å². The molecule has 3 rings (SSSR count). The summed E-state index contributed by atoms with van der Waals surface area (Å²) in [7, 11) is 1.42. The lowest BCUT2D eigenvalue weighted by molar-refractivity contribution is 0.0600. The van der Waals surface area contributed by atoms with Gasteiger partial charge in [0.1, 0.15) is 0 Å². The van der Waals surface area contributed by atoms with Crippen LogP contribution in [0.4, 0.5) is 5.69 Å². The van der Waals surface area contributed by atoms with E-state index in [1.54, 1.807) is 0 Å². The molecule has 1 heterocycles. The second kappa shape index (κ2) is 11.0. The predicted octanol–water partition coefficient (Wildman–Crippen LogP) is 6.37. The third-order valence-corrected chi connectivity index (χ3v) is 6.10. The SMILES string of the molecule is CCCC(CCCc1ccc(C(=O)OC)cc1)c1ccccc1N1CCCCC1. The number of carbonyl (C=O) groups excluding carboxylic acids is 1. The highest BCUT2D eigenvalue weighted by molar-refractivity contribution is 5.89. The Morgan fingerprint density at radius 3 is 2.41 bits per heavy atom. The number of hydrogen-bond acceptors (Lipinski definition) is 3. The van der Waals surface area contributed by atoms with Gasteiger partial charge in [-0.25, -0.2) is 4.79 Å². The summed E-state index contributed by atoms with van der Waals surface area (Å²) in [6.45, 7) is 4.69. The van der Waals surface area contributed by atoms with E-state index in [1.165, 1.54) is 75.5 Å². The van der Waals surface area contributed by atoms with Gasteiger partial charge >= 0.3 is 5.97 Å². The highest BCUT2D eigenvalue weighted by Gasteiger charge is 2.19. The molecular formula is C26H35NO2. The molecule has 156 valence electrons. The topological polar surface area (TPSA) is 29.5 Å². The smallest absolute Gasteiger partial charge is 0.337 e. The minimum Gasteiger partial charge on any atom is -0.465 e. The lowest BCUT2D eigenvalue weighted by atomic mass is 9.87. The van der Waals surface area contributed by atoms with Crippen molar-refractivity contribution in [1.82, 2.24) is 0 Å². The van der Waals surface area contributed by atoms with Crippen LogP contribution in [-0.2, 0) is 11.2 Å². The van der Waals surface area contributed by atoms with Crippen molar-refractivity contribution in [3.8, 4) is 0 Å². The average Bonchev–Trinajstić information content (AvgIpc) is 2.79. The van der Waals surface area contributed by atoms with E-state index in [0.29, 0.717) is 11.5 Å². The lowest BCUT2D eigenvalue weighted by Gasteiger charge is -2.32. The molecule has 2 aromatic rings. The van der Waals surface area contributed by atoms with Crippen molar-refractivity contribution in [2.75, 3.05) is 25.1 Å². The largest absolute Gasteiger partial charge is 0.465 e. The maximum Gasteiger partial charge on any atom is 0.337 e. The van der Waals surface area contributed by atoms with Crippen LogP contribution in [-0.4, -0.2) is 26.2 Å². The summed E-state index contributed by atoms with van der Waals surface area (Å²) < 4.78 is 4.78. The van der Waals surface area contributed by atoms with Crippen LogP contribution < -0.4 is 4.90 Å². The predicted molar refractivity (Wildman–Crippen MR) is 121 cm³/mol. The van der Waals surface area contributed by atoms with E-state index in [2.05, 4.69) is 48.2 Å². The summed E-state index contributed by atoms with van der Waals surface area (Å²) in [5.41, 5.74) is 4.91. The van der Waals surface area contributed by atoms with Gasteiger partial charge in [0, 0.05) is 18.8 Å². The highest BCUT2D eigenvalue weighted by atomic mass is 16.5. The van der Waals surface area contributed by atoms with Crippen molar-refractivity contribution in [2.45, 2.75) is 64.2 Å². The fourth-order valence-electron chi connectivity index (χ4n) is 4.54. The monoisotopic (exact) mass is 393 g/mol. The van der Waals surface area contributed by atoms with Crippen molar-refractivity contribution in [3.05, 3.63) is 65.2 Å². The Balaban J connectivity index is 1.64. The Morgan fingerprint density at radius 2 is 1.72 bits per heavy atom. The first kappa shape index (κ1) is 21.4. The summed E-state index contributed by atoms with van der Waals surface area (Å²) >= 11 is 0. The number of hydrogen-bond donors (Lipinski definition) is 0. The number of benzene rings is 2. The minimum absolute atomic E-state index is 0.270. The molecule has 29 heavy (non-hydrogen) atoms. The molecule has 0 saturated carbocycles. The molecule has 0 N–H and O–H groups in total. The summed E-state index contributed by atoms with van der Waals surface area (Å²) in [6, 6.07) is 16.9. The fraction of sp³-hybridized carbons (Fsp3) is 0.500. The van der Waals surface area contributed by atoms with Crippen molar-refractivity contribution in [3.63, 3.8) is 0 Å². The Bertz CT molecular complexity index is 763. The zero-order valence-corrected chi connectivity index (χ0v) is 18.0. The number of nitrogens with zero attached hydrogens (tertiary/aromatic N) is 1. The Kier molecular flexibility index (Phi) is 8.15. The Labute approximate surface area is 176 Å². The van der Waals surface area contributed by atoms with Gasteiger partial charge in [0.2, 0.25) is 0 Å². The second-order valence-corrected chi connectivity index (χ2v) is 8.17. The van der Waals surface area contributed by atoms with Crippen LogP contribution in [0.3, 0.4) is 0 Å². The molecule has 1 saturated heterocycles. The molecule has 0 radical (unpaired) electrons. The maximum atomic E-state index is 11.6. The van der Waals surface area contributed by atoms with Crippen molar-refractivity contribution in [1.29, 1.82) is 0 Å². The molecule has 0 amide bonds. The molecule has 2 aromatic carbocycles. The molecule has 1 unspecified atom stereocenters. The summed E-state index contributed by atoms with van der Waals surface area (Å²) in [5, 5.41) is 0. The van der Waals surface area contributed by atoms with E-state index in [1.807, 2.05) is 12.1 Å². The number of piperidine rings is 1. The molecule has 3 nitrogen and oxygen atoms in total. The van der Waals surface area contributed by atoms with Gasteiger partial charge in [0.05, 0.1) is 12.7 Å². The van der Waals surface area contributed by atoms with E-state index in [4.69, 9.17) is 4.74 Å². The minimum atomic E-state index is -0.270. The molecule has 0 aromatic heterocycles. The zero-order chi connectivity index (χ0) is 20.5. The zero-order valence-electron chi connectivity index (χ0n) is 18.0. The number of anilines is 1. The first-order chi connectivity index (χ1) is 14.2. The molecule has 3 heteroatoms. The number of aryl methyl sites for hydroxylation is 1. The van der Waals surface area contributed by atoms with E-state index in [9.17, 15) is 4.79 Å². The highest BCUT2D eigenvalue weighted by Crippen LogP contribution is 2.35. The van der Waals surface area contributed by atoms with Crippen LogP contribution in [0.2, 0.25) is 0 Å². The van der Waals surface area contributed by atoms with Crippen LogP contribution in [0.5, 0.6) is 0 Å². The first-order valence-corrected chi connectivity index (χ1v) is 11.2. The van der Waals surface area contributed by atoms with Crippen LogP contribution in [0.15, 0.2) is 48.5 Å². The summed E-state index contributed by atoms with van der Waals surface area (Å²) in [5.74, 6) is 0.348. The molecule has 0 aliphatic carbocycles. The lowest BCUT2D eigenvalue weighted by Crippen LogP contribution is -2.30. The van der Waals surface area contributed by atoms with Crippen LogP contribution in [0.1, 0.15) is 79.3 Å². The molecular weight excluding hydrogens is 358 g/mol. The van der Waals surface area contributed by atoms with Gasteiger partial charge < -0.3 is 9.64 Å². The van der Waals surface area contributed by atoms with Gasteiger partial charge in [-0.3, -0.25) is 0 Å². The number of methoxy groups -OCH3 is 1. The standard InChI is InChI=1S/C26H35NO2/c1-3-10-22(12-9-11-21-15-17-23(18-16-21)26(28)29-2)24-13-5-6-14-25(24)27-19-7-4-8-20-27/h5-6,13-18,22H,3-4,7-12,19-20H2,1-2H3. The van der Waals surface area contributed by atoms with E-state index in [-0.39, 0.29) is 5.97 Å². The van der Waals surface area contributed by atoms with Gasteiger partial charge in [-0.1, -0.05) is 43.7 Å². The first-order valence-electron chi connectivity index (χ1n) is 11.2. The van der Waals surface area contributed by atoms with E-state index in [0.717, 1.165) is 12.8 Å². The maximum absolute atomic E-state index is 11.6. The second-order valence-electron chi connectivity index (χ2n) is 8.17. The number of esters is 1. The Morgan fingerprint density at radius 1 is 1.00 bits per heavy atom. The van der Waals surface area contributed by atoms with Gasteiger partial charge in [-0.15, -0.1) is 0 Å². The van der Waals surface area contributed by atoms with Crippen molar-refractivity contribution in [2.24, 2.45) is 0 Å². The molecule has 1 fully saturated rings. The number of rotatable bonds is 9. The Hall–Kier alpha value is -2.29. The van der Waals surface area contributed by atoms with Gasteiger partial charge in [0.15, 0.2) is 0 Å². The van der Waals surface area contributed by atoms with Gasteiger partial charge in [-0.05, 0) is 80.2 Å². The van der Waals surface area contributed by atoms with Crippen LogP contribution in [0, 0.1) is 0 Å². The third kappa shape index (κ3) is 5.85. The number of ether oxygens (including phenoxy) is 1. The summed E-state index contributed by atoms with van der Waals surface area (Å²) in [4.78, 5) is 14.2.